The predicted octanol–water partition coefficient (Wildman–Crippen LogP) is 5.35. The summed E-state index contributed by atoms with van der Waals surface area (Å²) < 4.78 is 36.8. The number of hydrogen-bond acceptors (Lipinski definition) is 4. The third kappa shape index (κ3) is 5.27. The van der Waals surface area contributed by atoms with Crippen LogP contribution in [0.5, 0.6) is 11.5 Å². The molecule has 0 aliphatic heterocycles. The van der Waals surface area contributed by atoms with Crippen molar-refractivity contribution in [1.82, 2.24) is 9.78 Å². The van der Waals surface area contributed by atoms with Gasteiger partial charge in [-0.05, 0) is 67.8 Å². The lowest BCUT2D eigenvalue weighted by molar-refractivity contribution is -0.0493. The van der Waals surface area contributed by atoms with Crippen LogP contribution < -0.4 is 14.8 Å². The first-order valence-electron chi connectivity index (χ1n) is 9.02. The third-order valence-electron chi connectivity index (χ3n) is 4.25. The summed E-state index contributed by atoms with van der Waals surface area (Å²) in [6.07, 6.45) is 1.58. The predicted molar refractivity (Wildman–Crippen MR) is 110 cm³/mol. The number of carbonyl (C=O) groups is 1. The summed E-state index contributed by atoms with van der Waals surface area (Å²) in [7, 11) is 0. The molecule has 0 radical (unpaired) electrons. The van der Waals surface area contributed by atoms with Gasteiger partial charge in [-0.25, -0.2) is 4.68 Å². The summed E-state index contributed by atoms with van der Waals surface area (Å²) >= 11 is 6.15. The zero-order chi connectivity index (χ0) is 21.8. The van der Waals surface area contributed by atoms with E-state index in [2.05, 4.69) is 15.2 Å². The van der Waals surface area contributed by atoms with Crippen LogP contribution in [-0.4, -0.2) is 22.3 Å². The highest BCUT2D eigenvalue weighted by atomic mass is 35.5. The number of amides is 1. The number of benzene rings is 2. The number of aryl methyl sites for hydroxylation is 3. The molecule has 0 saturated heterocycles. The van der Waals surface area contributed by atoms with Crippen LogP contribution in [-0.2, 0) is 6.73 Å². The van der Waals surface area contributed by atoms with Crippen LogP contribution in [0, 0.1) is 20.8 Å². The number of hydrogen-bond donors (Lipinski definition) is 1. The van der Waals surface area contributed by atoms with Gasteiger partial charge in [-0.2, -0.15) is 13.9 Å². The Bertz CT molecular complexity index is 1050. The Balaban J connectivity index is 1.68. The molecule has 0 aliphatic rings. The molecule has 158 valence electrons. The summed E-state index contributed by atoms with van der Waals surface area (Å²) in [5.41, 5.74) is 2.81. The monoisotopic (exact) mass is 435 g/mol. The van der Waals surface area contributed by atoms with Gasteiger partial charge in [-0.15, -0.1) is 0 Å². The van der Waals surface area contributed by atoms with E-state index in [1.165, 1.54) is 16.8 Å². The maximum atomic E-state index is 12.6. The summed E-state index contributed by atoms with van der Waals surface area (Å²) in [5, 5.41) is 7.40. The molecule has 0 aliphatic carbocycles. The van der Waals surface area contributed by atoms with Gasteiger partial charge in [0.1, 0.15) is 11.5 Å². The van der Waals surface area contributed by atoms with E-state index in [1.807, 2.05) is 26.0 Å². The van der Waals surface area contributed by atoms with Crippen molar-refractivity contribution in [2.24, 2.45) is 0 Å². The van der Waals surface area contributed by atoms with E-state index in [0.29, 0.717) is 10.8 Å². The van der Waals surface area contributed by atoms with Crippen LogP contribution >= 0.6 is 11.6 Å². The highest BCUT2D eigenvalue weighted by molar-refractivity contribution is 6.32. The first-order chi connectivity index (χ1) is 14.2. The minimum absolute atomic E-state index is 0.0813. The number of nitrogens with zero attached hydrogens (tertiary/aromatic N) is 2. The Hall–Kier alpha value is -3.13. The third-order valence-corrected chi connectivity index (χ3v) is 4.84. The van der Waals surface area contributed by atoms with Gasteiger partial charge in [0.25, 0.3) is 5.91 Å². The van der Waals surface area contributed by atoms with E-state index in [1.54, 1.807) is 25.3 Å². The maximum absolute atomic E-state index is 12.6. The fourth-order valence-electron chi connectivity index (χ4n) is 2.81. The van der Waals surface area contributed by atoms with Crippen LogP contribution in [0.2, 0.25) is 5.02 Å². The van der Waals surface area contributed by atoms with Gasteiger partial charge in [0.05, 0.1) is 5.69 Å². The number of ether oxygens (including phenoxy) is 2. The summed E-state index contributed by atoms with van der Waals surface area (Å²) in [5.74, 6) is -0.0544. The normalized spacial score (nSPS) is 10.9. The van der Waals surface area contributed by atoms with E-state index < -0.39 is 12.5 Å². The van der Waals surface area contributed by atoms with Crippen LogP contribution in [0.15, 0.2) is 42.6 Å². The number of halogens is 3. The average Bonchev–Trinajstić information content (AvgIpc) is 3.15. The number of alkyl halides is 2. The molecule has 1 N–H and O–H groups in total. The van der Waals surface area contributed by atoms with E-state index in [0.717, 1.165) is 16.7 Å². The van der Waals surface area contributed by atoms with Crippen molar-refractivity contribution in [1.29, 1.82) is 0 Å². The van der Waals surface area contributed by atoms with Gasteiger partial charge < -0.3 is 14.8 Å². The van der Waals surface area contributed by atoms with Crippen LogP contribution in [0.4, 0.5) is 14.5 Å². The molecule has 6 nitrogen and oxygen atoms in total. The molecule has 9 heteroatoms. The summed E-state index contributed by atoms with van der Waals surface area (Å²) in [6.45, 7) is 2.62. The highest BCUT2D eigenvalue weighted by Gasteiger charge is 2.15. The lowest BCUT2D eigenvalue weighted by Crippen LogP contribution is -2.16. The van der Waals surface area contributed by atoms with Crippen molar-refractivity contribution >= 4 is 23.2 Å². The number of rotatable bonds is 7. The van der Waals surface area contributed by atoms with Crippen molar-refractivity contribution in [3.8, 4) is 11.5 Å². The Morgan fingerprint density at radius 3 is 2.53 bits per heavy atom. The number of carbonyl (C=O) groups excluding carboxylic acids is 1. The Kier molecular flexibility index (Phi) is 6.56. The quantitative estimate of drug-likeness (QED) is 0.543. The number of anilines is 1. The topological polar surface area (TPSA) is 65.4 Å². The molecule has 3 aromatic rings. The fraction of sp³-hybridized carbons (Fsp3) is 0.238. The average molecular weight is 436 g/mol. The van der Waals surface area contributed by atoms with Crippen molar-refractivity contribution < 1.29 is 23.0 Å². The van der Waals surface area contributed by atoms with E-state index >= 15 is 0 Å². The minimum atomic E-state index is -3.00. The zero-order valence-electron chi connectivity index (χ0n) is 16.6. The molecule has 3 rings (SSSR count). The molecular formula is C21H20ClF2N3O3. The number of aromatic nitrogens is 2. The smallest absolute Gasteiger partial charge is 0.387 e. The first-order valence-corrected chi connectivity index (χ1v) is 9.40. The fourth-order valence-corrected chi connectivity index (χ4v) is 2.92. The Morgan fingerprint density at radius 1 is 1.17 bits per heavy atom. The molecule has 0 spiro atoms. The summed E-state index contributed by atoms with van der Waals surface area (Å²) in [6, 6.07) is 9.66. The van der Waals surface area contributed by atoms with Gasteiger partial charge in [-0.1, -0.05) is 17.7 Å². The molecule has 0 unspecified atom stereocenters. The van der Waals surface area contributed by atoms with Gasteiger partial charge in [-0.3, -0.25) is 4.79 Å². The van der Waals surface area contributed by atoms with Crippen LogP contribution in [0.1, 0.15) is 27.2 Å². The molecule has 2 aromatic carbocycles. The van der Waals surface area contributed by atoms with Gasteiger partial charge in [0, 0.05) is 11.2 Å². The molecule has 0 bridgehead atoms. The molecule has 30 heavy (non-hydrogen) atoms. The highest BCUT2D eigenvalue weighted by Crippen LogP contribution is 2.28. The van der Waals surface area contributed by atoms with Crippen molar-refractivity contribution in [2.75, 3.05) is 5.32 Å². The molecule has 1 heterocycles. The van der Waals surface area contributed by atoms with Crippen LogP contribution in [0.3, 0.4) is 0 Å². The second-order valence-corrected chi connectivity index (χ2v) is 7.10. The van der Waals surface area contributed by atoms with E-state index in [4.69, 9.17) is 16.3 Å². The van der Waals surface area contributed by atoms with E-state index in [-0.39, 0.29) is 23.9 Å². The molecule has 0 atom stereocenters. The lowest BCUT2D eigenvalue weighted by Gasteiger charge is -2.12. The molecule has 0 saturated carbocycles. The molecule has 1 aromatic heterocycles. The van der Waals surface area contributed by atoms with Gasteiger partial charge in [0.2, 0.25) is 0 Å². The maximum Gasteiger partial charge on any atom is 0.387 e. The molecule has 0 fully saturated rings. The van der Waals surface area contributed by atoms with Crippen molar-refractivity contribution in [3.63, 3.8) is 0 Å². The molecule has 1 amide bonds. The van der Waals surface area contributed by atoms with Crippen molar-refractivity contribution in [2.45, 2.75) is 34.1 Å². The second-order valence-electron chi connectivity index (χ2n) is 6.72. The Labute approximate surface area is 177 Å². The van der Waals surface area contributed by atoms with Gasteiger partial charge in [0.15, 0.2) is 12.4 Å². The Morgan fingerprint density at radius 2 is 1.87 bits per heavy atom. The summed E-state index contributed by atoms with van der Waals surface area (Å²) in [4.78, 5) is 12.5. The SMILES string of the molecule is Cc1ccc(OC(F)F)c(NC(=O)c2ccn(COc3cc(C)c(Cl)c(C)c3)n2)c1. The zero-order valence-corrected chi connectivity index (χ0v) is 17.3. The minimum Gasteiger partial charge on any atom is -0.471 e. The lowest BCUT2D eigenvalue weighted by atomic mass is 10.1. The van der Waals surface area contributed by atoms with Crippen molar-refractivity contribution in [3.05, 3.63) is 70.0 Å². The van der Waals surface area contributed by atoms with Crippen LogP contribution in [0.25, 0.3) is 0 Å². The largest absolute Gasteiger partial charge is 0.471 e. The standard InChI is InChI=1S/C21H20ClF2N3O3/c1-12-4-5-18(30-21(23)24)17(8-12)25-20(28)16-6-7-27(26-16)11-29-15-9-13(2)19(22)14(3)10-15/h4-10,21H,11H2,1-3H3,(H,25,28). The van der Waals surface area contributed by atoms with Gasteiger partial charge >= 0.3 is 6.61 Å². The first kappa shape index (κ1) is 21.6. The number of nitrogens with one attached hydrogen (secondary N) is 1. The second kappa shape index (κ2) is 9.13. The molecular weight excluding hydrogens is 416 g/mol. The van der Waals surface area contributed by atoms with E-state index in [9.17, 15) is 13.6 Å².